The maximum atomic E-state index is 6.14. The summed E-state index contributed by atoms with van der Waals surface area (Å²) in [5.41, 5.74) is 12.0. The van der Waals surface area contributed by atoms with Crippen molar-refractivity contribution in [2.75, 3.05) is 0 Å². The Morgan fingerprint density at radius 2 is 0.976 bits per heavy atom. The Hall–Kier alpha value is -5.54. The van der Waals surface area contributed by atoms with E-state index in [0.717, 1.165) is 72.2 Å². The third kappa shape index (κ3) is 4.07. The molecule has 41 heavy (non-hydrogen) atoms. The summed E-state index contributed by atoms with van der Waals surface area (Å²) in [6, 6.07) is 50.2. The molecule has 6 aromatic carbocycles. The molecule has 0 atom stereocenters. The molecule has 0 amide bonds. The summed E-state index contributed by atoms with van der Waals surface area (Å²) in [6.45, 7) is 0. The topological polar surface area (TPSA) is 38.9 Å². The van der Waals surface area contributed by atoms with Crippen LogP contribution in [-0.2, 0) is 0 Å². The van der Waals surface area contributed by atoms with E-state index in [-0.39, 0.29) is 0 Å². The van der Waals surface area contributed by atoms with Crippen molar-refractivity contribution in [1.82, 2.24) is 9.97 Å². The van der Waals surface area contributed by atoms with Crippen molar-refractivity contribution in [3.05, 3.63) is 146 Å². The Balaban J connectivity index is 1.27. The summed E-state index contributed by atoms with van der Waals surface area (Å²) < 4.78 is 6.14. The van der Waals surface area contributed by atoms with Crippen LogP contribution in [0.2, 0.25) is 0 Å². The lowest BCUT2D eigenvalue weighted by molar-refractivity contribution is 0.669. The van der Waals surface area contributed by atoms with Gasteiger partial charge in [0.25, 0.3) is 0 Å². The zero-order valence-electron chi connectivity index (χ0n) is 22.2. The first-order chi connectivity index (χ1) is 20.3. The standard InChI is InChI=1S/C38H24N2O/c1-2-10-25(11-3-1)28-12-8-13-29(24-28)38-37(39-32-16-5-6-17-33(32)40-38)27-22-20-26(21-23-27)30-15-9-19-35-36(30)31-14-4-7-18-34(31)41-35/h1-24H. The maximum Gasteiger partial charge on any atom is 0.136 e. The van der Waals surface area contributed by atoms with Crippen molar-refractivity contribution in [3.8, 4) is 44.8 Å². The lowest BCUT2D eigenvalue weighted by Crippen LogP contribution is -1.96. The molecule has 8 rings (SSSR count). The van der Waals surface area contributed by atoms with E-state index in [9.17, 15) is 0 Å². The highest BCUT2D eigenvalue weighted by Crippen LogP contribution is 2.38. The summed E-state index contributed by atoms with van der Waals surface area (Å²) in [5, 5.41) is 2.27. The highest BCUT2D eigenvalue weighted by atomic mass is 16.3. The summed E-state index contributed by atoms with van der Waals surface area (Å²) in [6.07, 6.45) is 0. The predicted molar refractivity (Wildman–Crippen MR) is 169 cm³/mol. The Labute approximate surface area is 237 Å². The molecule has 0 spiro atoms. The molecule has 0 aliphatic rings. The molecular weight excluding hydrogens is 500 g/mol. The zero-order valence-corrected chi connectivity index (χ0v) is 22.2. The minimum absolute atomic E-state index is 0.868. The van der Waals surface area contributed by atoms with Crippen LogP contribution in [0.3, 0.4) is 0 Å². The van der Waals surface area contributed by atoms with Crippen molar-refractivity contribution in [3.63, 3.8) is 0 Å². The van der Waals surface area contributed by atoms with Crippen molar-refractivity contribution in [2.24, 2.45) is 0 Å². The van der Waals surface area contributed by atoms with E-state index in [1.807, 2.05) is 48.5 Å². The van der Waals surface area contributed by atoms with Crippen molar-refractivity contribution >= 4 is 33.0 Å². The maximum absolute atomic E-state index is 6.14. The first-order valence-corrected chi connectivity index (χ1v) is 13.8. The lowest BCUT2D eigenvalue weighted by Gasteiger charge is -2.13. The van der Waals surface area contributed by atoms with Crippen LogP contribution in [0.1, 0.15) is 0 Å². The number of benzene rings is 6. The van der Waals surface area contributed by atoms with E-state index < -0.39 is 0 Å². The number of furan rings is 1. The van der Waals surface area contributed by atoms with Gasteiger partial charge < -0.3 is 4.42 Å². The first-order valence-electron chi connectivity index (χ1n) is 13.8. The molecule has 0 saturated carbocycles. The van der Waals surface area contributed by atoms with E-state index in [4.69, 9.17) is 14.4 Å². The van der Waals surface area contributed by atoms with Gasteiger partial charge in [0, 0.05) is 21.9 Å². The molecule has 0 bridgehead atoms. The van der Waals surface area contributed by atoms with Gasteiger partial charge in [-0.1, -0.05) is 115 Å². The number of rotatable bonds is 4. The van der Waals surface area contributed by atoms with Gasteiger partial charge in [-0.05, 0) is 52.6 Å². The second kappa shape index (κ2) is 9.58. The summed E-state index contributed by atoms with van der Waals surface area (Å²) in [7, 11) is 0. The summed E-state index contributed by atoms with van der Waals surface area (Å²) in [5.74, 6) is 0. The molecule has 0 radical (unpaired) electrons. The molecule has 0 fully saturated rings. The number of nitrogens with zero attached hydrogens (tertiary/aromatic N) is 2. The van der Waals surface area contributed by atoms with Crippen molar-refractivity contribution in [1.29, 1.82) is 0 Å². The zero-order chi connectivity index (χ0) is 27.2. The van der Waals surface area contributed by atoms with E-state index in [0.29, 0.717) is 0 Å². The van der Waals surface area contributed by atoms with E-state index in [2.05, 4.69) is 97.1 Å². The Kier molecular flexibility index (Phi) is 5.46. The molecule has 3 heteroatoms. The van der Waals surface area contributed by atoms with Crippen molar-refractivity contribution < 1.29 is 4.42 Å². The summed E-state index contributed by atoms with van der Waals surface area (Å²) in [4.78, 5) is 10.3. The Morgan fingerprint density at radius 1 is 0.390 bits per heavy atom. The molecule has 0 aliphatic carbocycles. The third-order valence-electron chi connectivity index (χ3n) is 7.69. The second-order valence-electron chi connectivity index (χ2n) is 10.2. The van der Waals surface area contributed by atoms with Gasteiger partial charge in [0.05, 0.1) is 22.4 Å². The molecular formula is C38H24N2O. The van der Waals surface area contributed by atoms with Crippen LogP contribution in [0.4, 0.5) is 0 Å². The van der Waals surface area contributed by atoms with Crippen LogP contribution >= 0.6 is 0 Å². The van der Waals surface area contributed by atoms with Crippen LogP contribution in [-0.4, -0.2) is 9.97 Å². The third-order valence-corrected chi connectivity index (χ3v) is 7.69. The highest BCUT2D eigenvalue weighted by molar-refractivity contribution is 6.12. The van der Waals surface area contributed by atoms with Crippen molar-refractivity contribution in [2.45, 2.75) is 0 Å². The second-order valence-corrected chi connectivity index (χ2v) is 10.2. The van der Waals surface area contributed by atoms with Gasteiger partial charge in [0.1, 0.15) is 11.2 Å². The molecule has 2 heterocycles. The molecule has 0 saturated heterocycles. The molecule has 0 unspecified atom stereocenters. The fourth-order valence-corrected chi connectivity index (χ4v) is 5.70. The number of hydrogen-bond donors (Lipinski definition) is 0. The average Bonchev–Trinajstić information content (AvgIpc) is 3.44. The van der Waals surface area contributed by atoms with E-state index in [1.54, 1.807) is 0 Å². The van der Waals surface area contributed by atoms with Gasteiger partial charge in [0.2, 0.25) is 0 Å². The van der Waals surface area contributed by atoms with Gasteiger partial charge >= 0.3 is 0 Å². The largest absolute Gasteiger partial charge is 0.456 e. The first kappa shape index (κ1) is 23.4. The minimum Gasteiger partial charge on any atom is -0.456 e. The summed E-state index contributed by atoms with van der Waals surface area (Å²) >= 11 is 0. The predicted octanol–water partition coefficient (Wildman–Crippen LogP) is 10.2. The van der Waals surface area contributed by atoms with Crippen LogP contribution < -0.4 is 0 Å². The quantitative estimate of drug-likeness (QED) is 0.230. The van der Waals surface area contributed by atoms with Crippen LogP contribution in [0.5, 0.6) is 0 Å². The molecule has 0 aliphatic heterocycles. The van der Waals surface area contributed by atoms with Crippen LogP contribution in [0.25, 0.3) is 77.7 Å². The molecule has 192 valence electrons. The van der Waals surface area contributed by atoms with E-state index in [1.165, 1.54) is 5.56 Å². The smallest absolute Gasteiger partial charge is 0.136 e. The fourth-order valence-electron chi connectivity index (χ4n) is 5.70. The SMILES string of the molecule is c1ccc(-c2cccc(-c3nc4ccccc4nc3-c3ccc(-c4cccc5oc6ccccc6c45)cc3)c2)cc1. The lowest BCUT2D eigenvalue weighted by atomic mass is 9.96. The van der Waals surface area contributed by atoms with Crippen LogP contribution in [0, 0.1) is 0 Å². The number of para-hydroxylation sites is 3. The normalized spacial score (nSPS) is 11.4. The number of hydrogen-bond acceptors (Lipinski definition) is 3. The van der Waals surface area contributed by atoms with Crippen LogP contribution in [0.15, 0.2) is 150 Å². The highest BCUT2D eigenvalue weighted by Gasteiger charge is 2.16. The van der Waals surface area contributed by atoms with Gasteiger partial charge in [-0.25, -0.2) is 9.97 Å². The molecule has 8 aromatic rings. The Bertz CT molecular complexity index is 2200. The number of fused-ring (bicyclic) bond motifs is 4. The minimum atomic E-state index is 0.868. The Morgan fingerprint density at radius 3 is 1.78 bits per heavy atom. The van der Waals surface area contributed by atoms with Gasteiger partial charge in [-0.15, -0.1) is 0 Å². The molecule has 3 nitrogen and oxygen atoms in total. The average molecular weight is 525 g/mol. The van der Waals surface area contributed by atoms with Gasteiger partial charge in [0.15, 0.2) is 0 Å². The molecule has 2 aromatic heterocycles. The van der Waals surface area contributed by atoms with E-state index >= 15 is 0 Å². The fraction of sp³-hybridized carbons (Fsp3) is 0. The van der Waals surface area contributed by atoms with Gasteiger partial charge in [-0.3, -0.25) is 0 Å². The molecule has 0 N–H and O–H groups in total. The van der Waals surface area contributed by atoms with Gasteiger partial charge in [-0.2, -0.15) is 0 Å². The monoisotopic (exact) mass is 524 g/mol. The number of aromatic nitrogens is 2.